The van der Waals surface area contributed by atoms with Gasteiger partial charge >= 0.3 is 0 Å². The van der Waals surface area contributed by atoms with E-state index in [1.54, 1.807) is 11.3 Å². The highest BCUT2D eigenvalue weighted by Gasteiger charge is 2.40. The largest absolute Gasteiger partial charge is 0.375 e. The van der Waals surface area contributed by atoms with Crippen LogP contribution in [0.15, 0.2) is 11.7 Å². The van der Waals surface area contributed by atoms with Gasteiger partial charge in [0.1, 0.15) is 0 Å². The normalized spacial score (nSPS) is 33.7. The van der Waals surface area contributed by atoms with E-state index < -0.39 is 0 Å². The van der Waals surface area contributed by atoms with Gasteiger partial charge in [0.15, 0.2) is 0 Å². The Morgan fingerprint density at radius 3 is 3.20 bits per heavy atom. The standard InChI is InChI=1S/C11H16N2OS/c1-2-11-8(3-9(1)14-11)4-12-5-10-6-13-7-15-10/h6-9,11-12H,1-5H2. The van der Waals surface area contributed by atoms with Gasteiger partial charge in [-0.2, -0.15) is 0 Å². The molecule has 2 aliphatic rings. The molecule has 0 aromatic carbocycles. The van der Waals surface area contributed by atoms with Gasteiger partial charge in [0, 0.05) is 30.1 Å². The van der Waals surface area contributed by atoms with Crippen LogP contribution in [0, 0.1) is 5.92 Å². The van der Waals surface area contributed by atoms with Crippen molar-refractivity contribution in [3.8, 4) is 0 Å². The molecule has 3 nitrogen and oxygen atoms in total. The summed E-state index contributed by atoms with van der Waals surface area (Å²) in [7, 11) is 0. The van der Waals surface area contributed by atoms with Crippen molar-refractivity contribution >= 4 is 11.3 Å². The molecule has 0 radical (unpaired) electrons. The summed E-state index contributed by atoms with van der Waals surface area (Å²) >= 11 is 1.72. The molecule has 2 fully saturated rings. The molecule has 3 rings (SSSR count). The average Bonchev–Trinajstić information content (AvgIpc) is 2.93. The molecule has 2 aliphatic heterocycles. The van der Waals surface area contributed by atoms with E-state index in [0.717, 1.165) is 19.0 Å². The van der Waals surface area contributed by atoms with Crippen molar-refractivity contribution < 1.29 is 4.74 Å². The van der Waals surface area contributed by atoms with Gasteiger partial charge in [0.05, 0.1) is 17.7 Å². The second-order valence-corrected chi connectivity index (χ2v) is 5.44. The maximum Gasteiger partial charge on any atom is 0.0794 e. The number of ether oxygens (including phenoxy) is 1. The lowest BCUT2D eigenvalue weighted by atomic mass is 9.89. The van der Waals surface area contributed by atoms with Gasteiger partial charge < -0.3 is 10.1 Å². The minimum atomic E-state index is 0.545. The van der Waals surface area contributed by atoms with Gasteiger partial charge in [0.2, 0.25) is 0 Å². The van der Waals surface area contributed by atoms with Crippen LogP contribution < -0.4 is 5.32 Å². The summed E-state index contributed by atoms with van der Waals surface area (Å²) in [6, 6.07) is 0. The van der Waals surface area contributed by atoms with Gasteiger partial charge in [-0.15, -0.1) is 11.3 Å². The smallest absolute Gasteiger partial charge is 0.0794 e. The van der Waals surface area contributed by atoms with Crippen LogP contribution in [0.1, 0.15) is 24.1 Å². The fourth-order valence-electron chi connectivity index (χ4n) is 2.67. The average molecular weight is 224 g/mol. The van der Waals surface area contributed by atoms with E-state index >= 15 is 0 Å². The molecule has 0 saturated carbocycles. The first-order valence-corrected chi connectivity index (χ1v) is 6.53. The van der Waals surface area contributed by atoms with Crippen molar-refractivity contribution in [2.24, 2.45) is 5.92 Å². The molecule has 15 heavy (non-hydrogen) atoms. The SMILES string of the molecule is c1ncc(CNCC2CC3CCC2O3)s1. The minimum Gasteiger partial charge on any atom is -0.375 e. The second-order valence-electron chi connectivity index (χ2n) is 4.47. The highest BCUT2D eigenvalue weighted by Crippen LogP contribution is 2.38. The molecular formula is C11H16N2OS. The van der Waals surface area contributed by atoms with Crippen LogP contribution in [0.5, 0.6) is 0 Å². The van der Waals surface area contributed by atoms with Crippen LogP contribution in [-0.4, -0.2) is 23.7 Å². The van der Waals surface area contributed by atoms with E-state index in [0.29, 0.717) is 12.2 Å². The van der Waals surface area contributed by atoms with Gasteiger partial charge in [-0.05, 0) is 19.3 Å². The molecule has 1 N–H and O–H groups in total. The van der Waals surface area contributed by atoms with Gasteiger partial charge in [-0.25, -0.2) is 0 Å². The van der Waals surface area contributed by atoms with E-state index in [1.807, 2.05) is 11.7 Å². The van der Waals surface area contributed by atoms with Gasteiger partial charge in [-0.3, -0.25) is 4.98 Å². The quantitative estimate of drug-likeness (QED) is 0.847. The predicted octanol–water partition coefficient (Wildman–Crippen LogP) is 1.80. The summed E-state index contributed by atoms with van der Waals surface area (Å²) in [5, 5.41) is 3.50. The van der Waals surface area contributed by atoms with E-state index in [2.05, 4.69) is 10.3 Å². The third-order valence-electron chi connectivity index (χ3n) is 3.42. The Labute approximate surface area is 93.9 Å². The molecule has 82 valence electrons. The van der Waals surface area contributed by atoms with E-state index in [1.165, 1.54) is 24.1 Å². The molecule has 3 heterocycles. The number of nitrogens with one attached hydrogen (secondary N) is 1. The van der Waals surface area contributed by atoms with E-state index in [4.69, 9.17) is 4.74 Å². The number of hydrogen-bond donors (Lipinski definition) is 1. The van der Waals surface area contributed by atoms with Crippen molar-refractivity contribution in [1.29, 1.82) is 0 Å². The Kier molecular flexibility index (Phi) is 2.73. The van der Waals surface area contributed by atoms with E-state index in [9.17, 15) is 0 Å². The maximum atomic E-state index is 5.82. The number of thiazole rings is 1. The Bertz CT molecular complexity index is 314. The molecular weight excluding hydrogens is 208 g/mol. The Morgan fingerprint density at radius 2 is 2.53 bits per heavy atom. The monoisotopic (exact) mass is 224 g/mol. The zero-order valence-corrected chi connectivity index (χ0v) is 9.50. The molecule has 3 unspecified atom stereocenters. The fraction of sp³-hybridized carbons (Fsp3) is 0.727. The summed E-state index contributed by atoms with van der Waals surface area (Å²) in [6.07, 6.45) is 6.89. The predicted molar refractivity (Wildman–Crippen MR) is 59.8 cm³/mol. The second kappa shape index (κ2) is 4.20. The molecule has 1 aromatic rings. The van der Waals surface area contributed by atoms with Crippen LogP contribution in [0.4, 0.5) is 0 Å². The zero-order chi connectivity index (χ0) is 10.1. The Balaban J connectivity index is 1.43. The molecule has 0 amide bonds. The minimum absolute atomic E-state index is 0.545. The third-order valence-corrected chi connectivity index (χ3v) is 4.20. The van der Waals surface area contributed by atoms with Crippen molar-refractivity contribution in [3.63, 3.8) is 0 Å². The molecule has 0 aliphatic carbocycles. The molecule has 2 bridgehead atoms. The lowest BCUT2D eigenvalue weighted by Crippen LogP contribution is -2.28. The van der Waals surface area contributed by atoms with Crippen LogP contribution in [-0.2, 0) is 11.3 Å². The van der Waals surface area contributed by atoms with Crippen molar-refractivity contribution in [3.05, 3.63) is 16.6 Å². The summed E-state index contributed by atoms with van der Waals surface area (Å²) < 4.78 is 5.82. The first kappa shape index (κ1) is 9.75. The van der Waals surface area contributed by atoms with E-state index in [-0.39, 0.29) is 0 Å². The Morgan fingerprint density at radius 1 is 1.53 bits per heavy atom. The summed E-state index contributed by atoms with van der Waals surface area (Å²) in [5.41, 5.74) is 1.89. The summed E-state index contributed by atoms with van der Waals surface area (Å²) in [4.78, 5) is 5.38. The first-order chi connectivity index (χ1) is 7.42. The van der Waals surface area contributed by atoms with Crippen molar-refractivity contribution in [2.45, 2.75) is 38.0 Å². The molecule has 3 atom stereocenters. The lowest BCUT2D eigenvalue weighted by Gasteiger charge is -2.18. The molecule has 1 aromatic heterocycles. The molecule has 2 saturated heterocycles. The number of rotatable bonds is 4. The van der Waals surface area contributed by atoms with Crippen molar-refractivity contribution in [2.75, 3.05) is 6.54 Å². The highest BCUT2D eigenvalue weighted by molar-refractivity contribution is 7.09. The summed E-state index contributed by atoms with van der Waals surface area (Å²) in [5.74, 6) is 0.747. The number of nitrogens with zero attached hydrogens (tertiary/aromatic N) is 1. The molecule has 4 heteroatoms. The zero-order valence-electron chi connectivity index (χ0n) is 8.69. The van der Waals surface area contributed by atoms with Crippen molar-refractivity contribution in [1.82, 2.24) is 10.3 Å². The first-order valence-electron chi connectivity index (χ1n) is 5.65. The van der Waals surface area contributed by atoms with Crippen LogP contribution in [0.3, 0.4) is 0 Å². The van der Waals surface area contributed by atoms with Crippen LogP contribution in [0.2, 0.25) is 0 Å². The molecule has 0 spiro atoms. The lowest BCUT2D eigenvalue weighted by molar-refractivity contribution is 0.0924. The fourth-order valence-corrected chi connectivity index (χ4v) is 3.23. The number of fused-ring (bicyclic) bond motifs is 2. The third kappa shape index (κ3) is 2.07. The topological polar surface area (TPSA) is 34.2 Å². The maximum absolute atomic E-state index is 5.82. The number of hydrogen-bond acceptors (Lipinski definition) is 4. The number of aromatic nitrogens is 1. The van der Waals surface area contributed by atoms with Crippen LogP contribution >= 0.6 is 11.3 Å². The summed E-state index contributed by atoms with van der Waals surface area (Å²) in [6.45, 7) is 2.05. The van der Waals surface area contributed by atoms with Gasteiger partial charge in [-0.1, -0.05) is 0 Å². The highest BCUT2D eigenvalue weighted by atomic mass is 32.1. The van der Waals surface area contributed by atoms with Crippen LogP contribution in [0.25, 0.3) is 0 Å². The Hall–Kier alpha value is -0.450. The van der Waals surface area contributed by atoms with Gasteiger partial charge in [0.25, 0.3) is 0 Å².